The van der Waals surface area contributed by atoms with E-state index in [4.69, 9.17) is 20.3 Å². The zero-order valence-electron chi connectivity index (χ0n) is 20.6. The van der Waals surface area contributed by atoms with Gasteiger partial charge in [0.25, 0.3) is 5.91 Å². The summed E-state index contributed by atoms with van der Waals surface area (Å²) in [4.78, 5) is 22.5. The summed E-state index contributed by atoms with van der Waals surface area (Å²) in [6, 6.07) is 4.73. The molecule has 200 valence electrons. The number of amides is 1. The fourth-order valence-corrected chi connectivity index (χ4v) is 3.66. The molecule has 2 aromatic rings. The minimum Gasteiger partial charge on any atom is -0.491 e. The second kappa shape index (κ2) is 14.6. The van der Waals surface area contributed by atoms with Crippen molar-refractivity contribution in [3.05, 3.63) is 41.9 Å². The van der Waals surface area contributed by atoms with Crippen molar-refractivity contribution < 1.29 is 32.5 Å². The number of alkyl halides is 3. The molecule has 2 fully saturated rings. The highest BCUT2D eigenvalue weighted by atomic mass is 19.4. The Morgan fingerprint density at radius 2 is 1.83 bits per heavy atom. The summed E-state index contributed by atoms with van der Waals surface area (Å²) in [7, 11) is 2.35. The number of aliphatic hydroxyl groups excluding tert-OH is 1. The third-order valence-corrected chi connectivity index (χ3v) is 5.57. The molecule has 0 radical (unpaired) electrons. The van der Waals surface area contributed by atoms with Crippen molar-refractivity contribution in [2.75, 3.05) is 45.8 Å². The van der Waals surface area contributed by atoms with E-state index in [1.807, 2.05) is 0 Å². The number of likely N-dealkylation sites (tertiary alicyclic amines) is 1. The van der Waals surface area contributed by atoms with E-state index < -0.39 is 11.7 Å². The van der Waals surface area contributed by atoms with Crippen LogP contribution in [0.2, 0.25) is 0 Å². The fraction of sp³-hybridized carbons (Fsp3) is 0.542. The van der Waals surface area contributed by atoms with E-state index in [1.54, 1.807) is 4.90 Å². The Kier molecular flexibility index (Phi) is 11.8. The molecule has 0 spiro atoms. The van der Waals surface area contributed by atoms with E-state index in [0.717, 1.165) is 32.5 Å². The van der Waals surface area contributed by atoms with E-state index in [2.05, 4.69) is 15.3 Å². The van der Waals surface area contributed by atoms with Crippen molar-refractivity contribution in [1.29, 1.82) is 0 Å². The van der Waals surface area contributed by atoms with Crippen LogP contribution in [0.15, 0.2) is 30.6 Å². The molecule has 0 saturated carbocycles. The van der Waals surface area contributed by atoms with Crippen molar-refractivity contribution >= 4 is 17.4 Å². The van der Waals surface area contributed by atoms with E-state index >= 15 is 0 Å². The van der Waals surface area contributed by atoms with Gasteiger partial charge in [0, 0.05) is 45.1 Å². The molecule has 0 bridgehead atoms. The number of rotatable bonds is 4. The van der Waals surface area contributed by atoms with Gasteiger partial charge < -0.3 is 30.5 Å². The smallest absolute Gasteiger partial charge is 0.416 e. The first-order valence-electron chi connectivity index (χ1n) is 11.7. The summed E-state index contributed by atoms with van der Waals surface area (Å²) in [5.74, 6) is -0.160. The summed E-state index contributed by atoms with van der Waals surface area (Å²) >= 11 is 0. The van der Waals surface area contributed by atoms with Gasteiger partial charge in [-0.3, -0.25) is 4.79 Å². The Bertz CT molecular complexity index is 938. The highest BCUT2D eigenvalue weighted by Crippen LogP contribution is 2.33. The van der Waals surface area contributed by atoms with Crippen LogP contribution in [0.25, 0.3) is 0 Å². The normalized spacial score (nSPS) is 16.1. The van der Waals surface area contributed by atoms with Gasteiger partial charge >= 0.3 is 6.18 Å². The van der Waals surface area contributed by atoms with E-state index in [1.165, 1.54) is 44.8 Å². The van der Waals surface area contributed by atoms with Gasteiger partial charge in [0.2, 0.25) is 0 Å². The summed E-state index contributed by atoms with van der Waals surface area (Å²) in [5, 5.41) is 9.77. The van der Waals surface area contributed by atoms with Crippen molar-refractivity contribution in [1.82, 2.24) is 14.9 Å². The number of nitrogens with zero attached hydrogens (tertiary/aromatic N) is 3. The predicted molar refractivity (Wildman–Crippen MR) is 129 cm³/mol. The number of nitrogens with one attached hydrogen (secondary N) is 1. The lowest BCUT2D eigenvalue weighted by Crippen LogP contribution is -2.43. The molecule has 12 heteroatoms. The standard InChI is InChI=1S/C18H20F3N5O2.C5H10O.CH4O/c1-28-15-14(17(27)26-7-5-12(22)6-8-26)23-10-24-16(15)25-13-4-2-3-11(9-13)18(19,20)21;1-2-4-6-5-3-1;1-2/h2-4,9-10,12H,5-8,22H2,1H3,(H,23,24,25);1-5H2;2H,1H3. The molecule has 9 nitrogen and oxygen atoms in total. The van der Waals surface area contributed by atoms with Crippen LogP contribution in [0.3, 0.4) is 0 Å². The molecule has 2 aliphatic heterocycles. The number of carbonyl (C=O) groups is 1. The first-order valence-corrected chi connectivity index (χ1v) is 11.7. The maximum atomic E-state index is 12.9. The van der Waals surface area contributed by atoms with Crippen LogP contribution in [0.1, 0.15) is 48.2 Å². The fourth-order valence-electron chi connectivity index (χ4n) is 3.66. The number of carbonyl (C=O) groups excluding carboxylic acids is 1. The number of hydrogen-bond donors (Lipinski definition) is 3. The Hall–Kier alpha value is -2.96. The molecule has 36 heavy (non-hydrogen) atoms. The molecule has 0 atom stereocenters. The number of nitrogens with two attached hydrogens (primary N) is 1. The topological polar surface area (TPSA) is 123 Å². The lowest BCUT2D eigenvalue weighted by molar-refractivity contribution is -0.137. The highest BCUT2D eigenvalue weighted by Gasteiger charge is 2.31. The molecule has 0 aliphatic carbocycles. The zero-order valence-corrected chi connectivity index (χ0v) is 20.6. The van der Waals surface area contributed by atoms with Crippen LogP contribution >= 0.6 is 0 Å². The number of piperidine rings is 1. The quantitative estimate of drug-likeness (QED) is 0.567. The van der Waals surface area contributed by atoms with Crippen molar-refractivity contribution in [2.45, 2.75) is 44.3 Å². The average molecular weight is 514 g/mol. The van der Waals surface area contributed by atoms with Crippen LogP contribution in [-0.2, 0) is 10.9 Å². The molecule has 1 aromatic carbocycles. The summed E-state index contributed by atoms with van der Waals surface area (Å²) in [6.07, 6.45) is 2.01. The van der Waals surface area contributed by atoms with Gasteiger partial charge in [-0.2, -0.15) is 13.2 Å². The average Bonchev–Trinajstić information content (AvgIpc) is 2.91. The number of aromatic nitrogens is 2. The first kappa shape index (κ1) is 29.3. The van der Waals surface area contributed by atoms with Gasteiger partial charge in [-0.05, 0) is 50.3 Å². The number of halogens is 3. The zero-order chi connectivity index (χ0) is 26.6. The number of benzene rings is 1. The van der Waals surface area contributed by atoms with Gasteiger partial charge in [0.05, 0.1) is 12.7 Å². The predicted octanol–water partition coefficient (Wildman–Crippen LogP) is 3.61. The third-order valence-electron chi connectivity index (χ3n) is 5.57. The summed E-state index contributed by atoms with van der Waals surface area (Å²) < 4.78 is 49.1. The number of hydrogen-bond acceptors (Lipinski definition) is 8. The van der Waals surface area contributed by atoms with E-state index in [0.29, 0.717) is 25.9 Å². The SMILES string of the molecule is C1CCOCC1.CO.COc1c(Nc2cccc(C(F)(F)F)c2)ncnc1C(=O)N1CCC(N)CC1. The number of methoxy groups -OCH3 is 1. The maximum Gasteiger partial charge on any atom is 0.416 e. The number of anilines is 2. The van der Waals surface area contributed by atoms with Gasteiger partial charge in [-0.1, -0.05) is 6.07 Å². The molecule has 0 unspecified atom stereocenters. The second-order valence-corrected chi connectivity index (χ2v) is 8.11. The van der Waals surface area contributed by atoms with Crippen LogP contribution in [-0.4, -0.2) is 72.4 Å². The molecule has 3 heterocycles. The molecule has 1 amide bonds. The number of aliphatic hydroxyl groups is 1. The van der Waals surface area contributed by atoms with Gasteiger partial charge in [-0.25, -0.2) is 9.97 Å². The van der Waals surface area contributed by atoms with Crippen LogP contribution in [0.4, 0.5) is 24.7 Å². The molecule has 2 aliphatic rings. The third kappa shape index (κ3) is 8.61. The minimum atomic E-state index is -4.47. The minimum absolute atomic E-state index is 0.0439. The first-order chi connectivity index (χ1) is 17.3. The molecular formula is C24H34F3N5O4. The maximum absolute atomic E-state index is 12.9. The monoisotopic (exact) mass is 513 g/mol. The lowest BCUT2D eigenvalue weighted by atomic mass is 10.1. The number of ether oxygens (including phenoxy) is 2. The second-order valence-electron chi connectivity index (χ2n) is 8.11. The van der Waals surface area contributed by atoms with E-state index in [9.17, 15) is 18.0 Å². The van der Waals surface area contributed by atoms with E-state index in [-0.39, 0.29) is 34.9 Å². The van der Waals surface area contributed by atoms with Crippen molar-refractivity contribution in [3.8, 4) is 5.75 Å². The Balaban J connectivity index is 0.000000491. The molecular weight excluding hydrogens is 479 g/mol. The van der Waals surface area contributed by atoms with Gasteiger partial charge in [-0.15, -0.1) is 0 Å². The van der Waals surface area contributed by atoms with Crippen LogP contribution in [0, 0.1) is 0 Å². The Morgan fingerprint density at radius 1 is 1.17 bits per heavy atom. The molecule has 4 rings (SSSR count). The lowest BCUT2D eigenvalue weighted by Gasteiger charge is -2.30. The largest absolute Gasteiger partial charge is 0.491 e. The van der Waals surface area contributed by atoms with Gasteiger partial charge in [0.15, 0.2) is 17.3 Å². The molecule has 2 saturated heterocycles. The van der Waals surface area contributed by atoms with Gasteiger partial charge in [0.1, 0.15) is 6.33 Å². The Labute approximate surface area is 208 Å². The highest BCUT2D eigenvalue weighted by molar-refractivity contribution is 5.96. The Morgan fingerprint density at radius 3 is 2.36 bits per heavy atom. The van der Waals surface area contributed by atoms with Crippen LogP contribution < -0.4 is 15.8 Å². The van der Waals surface area contributed by atoms with Crippen molar-refractivity contribution in [3.63, 3.8) is 0 Å². The van der Waals surface area contributed by atoms with Crippen LogP contribution in [0.5, 0.6) is 5.75 Å². The molecule has 4 N–H and O–H groups in total. The van der Waals surface area contributed by atoms with Crippen molar-refractivity contribution in [2.24, 2.45) is 5.73 Å². The molecule has 1 aromatic heterocycles. The summed E-state index contributed by atoms with van der Waals surface area (Å²) in [6.45, 7) is 3.01. The summed E-state index contributed by atoms with van der Waals surface area (Å²) in [5.41, 5.74) is 5.27.